The Balaban J connectivity index is 2.34. The van der Waals surface area contributed by atoms with Gasteiger partial charge in [0.15, 0.2) is 0 Å². The standard InChI is InChI=1S/C10H11ClFNO2S3/c11-8-1-2-10(9(12)7-8)18(14,15)13-3-5-16-17-6-4-13/h1-2,7H,3-6H2. The zero-order chi connectivity index (χ0) is 13.2. The summed E-state index contributed by atoms with van der Waals surface area (Å²) >= 11 is 5.62. The van der Waals surface area contributed by atoms with Crippen LogP contribution in [0.3, 0.4) is 0 Å². The zero-order valence-electron chi connectivity index (χ0n) is 9.30. The normalized spacial score (nSPS) is 18.6. The topological polar surface area (TPSA) is 37.4 Å². The minimum Gasteiger partial charge on any atom is -0.207 e. The lowest BCUT2D eigenvalue weighted by atomic mass is 10.3. The molecule has 1 fully saturated rings. The third-order valence-corrected chi connectivity index (χ3v) is 6.98. The second kappa shape index (κ2) is 6.00. The molecule has 0 spiro atoms. The van der Waals surface area contributed by atoms with Crippen LogP contribution < -0.4 is 0 Å². The van der Waals surface area contributed by atoms with Crippen molar-refractivity contribution in [1.29, 1.82) is 0 Å². The van der Waals surface area contributed by atoms with Gasteiger partial charge in [-0.05, 0) is 18.2 Å². The van der Waals surface area contributed by atoms with Crippen molar-refractivity contribution in [2.75, 3.05) is 24.6 Å². The van der Waals surface area contributed by atoms with E-state index in [1.807, 2.05) is 0 Å². The highest BCUT2D eigenvalue weighted by Gasteiger charge is 2.28. The van der Waals surface area contributed by atoms with Crippen LogP contribution in [-0.4, -0.2) is 37.3 Å². The first-order valence-electron chi connectivity index (χ1n) is 5.21. The quantitative estimate of drug-likeness (QED) is 0.783. The molecule has 0 unspecified atom stereocenters. The second-order valence-corrected chi connectivity index (χ2v) is 8.67. The largest absolute Gasteiger partial charge is 0.246 e. The molecule has 0 bridgehead atoms. The van der Waals surface area contributed by atoms with Gasteiger partial charge in [-0.2, -0.15) is 4.31 Å². The Hall–Kier alpha value is 0.0500. The monoisotopic (exact) mass is 327 g/mol. The van der Waals surface area contributed by atoms with Gasteiger partial charge in [0.25, 0.3) is 0 Å². The van der Waals surface area contributed by atoms with Crippen LogP contribution >= 0.6 is 33.2 Å². The Labute approximate surface area is 119 Å². The maximum absolute atomic E-state index is 13.7. The van der Waals surface area contributed by atoms with Gasteiger partial charge in [-0.1, -0.05) is 33.2 Å². The van der Waals surface area contributed by atoms with Crippen LogP contribution in [0.5, 0.6) is 0 Å². The lowest BCUT2D eigenvalue weighted by Gasteiger charge is -2.19. The predicted molar refractivity (Wildman–Crippen MR) is 75.1 cm³/mol. The van der Waals surface area contributed by atoms with E-state index in [1.54, 1.807) is 21.6 Å². The third kappa shape index (κ3) is 3.14. The molecule has 0 atom stereocenters. The molecule has 1 saturated heterocycles. The maximum atomic E-state index is 13.7. The molecule has 18 heavy (non-hydrogen) atoms. The number of benzene rings is 1. The molecule has 2 rings (SSSR count). The van der Waals surface area contributed by atoms with Crippen LogP contribution in [0.15, 0.2) is 23.1 Å². The van der Waals surface area contributed by atoms with E-state index in [-0.39, 0.29) is 9.92 Å². The van der Waals surface area contributed by atoms with Crippen molar-refractivity contribution in [3.8, 4) is 0 Å². The number of nitrogens with zero attached hydrogens (tertiary/aromatic N) is 1. The van der Waals surface area contributed by atoms with Crippen molar-refractivity contribution in [2.45, 2.75) is 4.90 Å². The van der Waals surface area contributed by atoms with E-state index in [0.29, 0.717) is 24.6 Å². The fourth-order valence-electron chi connectivity index (χ4n) is 1.57. The van der Waals surface area contributed by atoms with Gasteiger partial charge in [0.1, 0.15) is 10.7 Å². The minimum absolute atomic E-state index is 0.188. The Kier molecular flexibility index (Phi) is 4.82. The van der Waals surface area contributed by atoms with E-state index in [0.717, 1.165) is 6.07 Å². The maximum Gasteiger partial charge on any atom is 0.246 e. The summed E-state index contributed by atoms with van der Waals surface area (Å²) < 4.78 is 39.6. The number of hydrogen-bond acceptors (Lipinski definition) is 4. The first-order valence-corrected chi connectivity index (χ1v) is 9.52. The molecule has 0 saturated carbocycles. The highest BCUT2D eigenvalue weighted by Crippen LogP contribution is 2.28. The van der Waals surface area contributed by atoms with Crippen molar-refractivity contribution in [3.05, 3.63) is 29.0 Å². The first-order chi connectivity index (χ1) is 8.51. The summed E-state index contributed by atoms with van der Waals surface area (Å²) in [5, 5.41) is 0.188. The number of hydrogen-bond donors (Lipinski definition) is 0. The number of rotatable bonds is 2. The third-order valence-electron chi connectivity index (χ3n) is 2.44. The van der Waals surface area contributed by atoms with E-state index >= 15 is 0 Å². The van der Waals surface area contributed by atoms with Gasteiger partial charge in [-0.3, -0.25) is 0 Å². The Bertz CT molecular complexity index is 530. The van der Waals surface area contributed by atoms with Crippen LogP contribution in [0.25, 0.3) is 0 Å². The van der Waals surface area contributed by atoms with Crippen molar-refractivity contribution in [1.82, 2.24) is 4.31 Å². The van der Waals surface area contributed by atoms with Gasteiger partial charge in [0.05, 0.1) is 0 Å². The van der Waals surface area contributed by atoms with Crippen LogP contribution in [0, 0.1) is 5.82 Å². The summed E-state index contributed by atoms with van der Waals surface area (Å²) in [6.45, 7) is 0.810. The van der Waals surface area contributed by atoms with Gasteiger partial charge in [0, 0.05) is 29.6 Å². The summed E-state index contributed by atoms with van der Waals surface area (Å²) in [4.78, 5) is -0.302. The van der Waals surface area contributed by atoms with Crippen LogP contribution in [0.2, 0.25) is 5.02 Å². The van der Waals surface area contributed by atoms with E-state index in [1.165, 1.54) is 16.4 Å². The molecule has 1 aromatic rings. The van der Waals surface area contributed by atoms with Crippen LogP contribution in [0.1, 0.15) is 0 Å². The molecule has 0 N–H and O–H groups in total. The Morgan fingerprint density at radius 2 is 1.83 bits per heavy atom. The average molecular weight is 328 g/mol. The van der Waals surface area contributed by atoms with Crippen LogP contribution in [-0.2, 0) is 10.0 Å². The molecule has 1 heterocycles. The predicted octanol–water partition coefficient (Wildman–Crippen LogP) is 2.86. The summed E-state index contributed by atoms with van der Waals surface area (Å²) in [5.74, 6) is 0.616. The Morgan fingerprint density at radius 3 is 2.39 bits per heavy atom. The summed E-state index contributed by atoms with van der Waals surface area (Å²) in [7, 11) is -0.494. The fourth-order valence-corrected chi connectivity index (χ4v) is 5.43. The number of sulfonamides is 1. The molecule has 3 nitrogen and oxygen atoms in total. The molecule has 0 aromatic heterocycles. The van der Waals surface area contributed by atoms with Crippen molar-refractivity contribution >= 4 is 43.2 Å². The lowest BCUT2D eigenvalue weighted by molar-refractivity contribution is 0.446. The van der Waals surface area contributed by atoms with Crippen LogP contribution in [0.4, 0.5) is 4.39 Å². The molecule has 1 aromatic carbocycles. The van der Waals surface area contributed by atoms with Crippen molar-refractivity contribution in [2.24, 2.45) is 0 Å². The molecule has 0 amide bonds. The van der Waals surface area contributed by atoms with Crippen molar-refractivity contribution < 1.29 is 12.8 Å². The molecular formula is C10H11ClFNO2S3. The van der Waals surface area contributed by atoms with Gasteiger partial charge in [0.2, 0.25) is 10.0 Å². The zero-order valence-corrected chi connectivity index (χ0v) is 12.5. The Morgan fingerprint density at radius 1 is 1.22 bits per heavy atom. The van der Waals surface area contributed by atoms with Gasteiger partial charge in [-0.25, -0.2) is 12.8 Å². The highest BCUT2D eigenvalue weighted by atomic mass is 35.5. The molecule has 1 aliphatic heterocycles. The smallest absolute Gasteiger partial charge is 0.207 e. The summed E-state index contributed by atoms with van der Waals surface area (Å²) in [6, 6.07) is 3.63. The lowest BCUT2D eigenvalue weighted by Crippen LogP contribution is -2.34. The molecule has 100 valence electrons. The van der Waals surface area contributed by atoms with E-state index in [4.69, 9.17) is 11.6 Å². The second-order valence-electron chi connectivity index (χ2n) is 3.62. The molecule has 8 heteroatoms. The average Bonchev–Trinajstić information content (AvgIpc) is 2.57. The number of halogens is 2. The fraction of sp³-hybridized carbons (Fsp3) is 0.400. The van der Waals surface area contributed by atoms with Gasteiger partial charge >= 0.3 is 0 Å². The highest BCUT2D eigenvalue weighted by molar-refractivity contribution is 8.76. The van der Waals surface area contributed by atoms with Crippen molar-refractivity contribution in [3.63, 3.8) is 0 Å². The van der Waals surface area contributed by atoms with E-state index in [9.17, 15) is 12.8 Å². The van der Waals surface area contributed by atoms with E-state index < -0.39 is 15.8 Å². The SMILES string of the molecule is O=S(=O)(c1ccc(Cl)cc1F)N1CCSSCC1. The summed E-state index contributed by atoms with van der Waals surface area (Å²) in [6.07, 6.45) is 0. The molecular weight excluding hydrogens is 317 g/mol. The van der Waals surface area contributed by atoms with E-state index in [2.05, 4.69) is 0 Å². The summed E-state index contributed by atoms with van der Waals surface area (Å²) in [5.41, 5.74) is 0. The molecule has 0 radical (unpaired) electrons. The molecule has 1 aliphatic rings. The van der Waals surface area contributed by atoms with Gasteiger partial charge in [-0.15, -0.1) is 0 Å². The minimum atomic E-state index is -3.76. The molecule has 0 aliphatic carbocycles. The first kappa shape index (κ1) is 14.5. The van der Waals surface area contributed by atoms with Gasteiger partial charge < -0.3 is 0 Å².